The molecule has 0 aromatic heterocycles. The average Bonchev–Trinajstić information content (AvgIpc) is 2.73. The molecule has 31 heavy (non-hydrogen) atoms. The van der Waals surface area contributed by atoms with Gasteiger partial charge in [0.1, 0.15) is 5.60 Å². The molecule has 0 aromatic rings. The molecule has 1 unspecified atom stereocenters. The number of aliphatic hydroxyl groups is 1. The second-order valence-corrected chi connectivity index (χ2v) is 9.54. The summed E-state index contributed by atoms with van der Waals surface area (Å²) in [6, 6.07) is 0. The zero-order chi connectivity index (χ0) is 22.5. The first-order valence-electron chi connectivity index (χ1n) is 13.5. The number of aliphatic carboxylic acids is 1. The Morgan fingerprint density at radius 3 is 1.32 bits per heavy atom. The summed E-state index contributed by atoms with van der Waals surface area (Å²) in [7, 11) is 0. The van der Waals surface area contributed by atoms with Gasteiger partial charge in [-0.3, -0.25) is 0 Å². The van der Waals surface area contributed by atoms with Crippen LogP contribution >= 0.6 is 0 Å². The predicted molar refractivity (Wildman–Crippen MR) is 133 cm³/mol. The van der Waals surface area contributed by atoms with Gasteiger partial charge in [0.2, 0.25) is 0 Å². The quantitative estimate of drug-likeness (QED) is 0.158. The highest BCUT2D eigenvalue weighted by molar-refractivity contribution is 5.75. The van der Waals surface area contributed by atoms with E-state index in [4.69, 9.17) is 0 Å². The van der Waals surface area contributed by atoms with Crippen LogP contribution in [0.15, 0.2) is 0 Å². The van der Waals surface area contributed by atoms with Gasteiger partial charge in [-0.2, -0.15) is 0 Å². The van der Waals surface area contributed by atoms with Crippen molar-refractivity contribution in [2.75, 3.05) is 0 Å². The first-order chi connectivity index (χ1) is 14.5. The Bertz CT molecular complexity index is 373. The summed E-state index contributed by atoms with van der Waals surface area (Å²) in [6.45, 7) is 6.64. The van der Waals surface area contributed by atoms with Crippen LogP contribution in [0, 0.1) is 5.92 Å². The van der Waals surface area contributed by atoms with Gasteiger partial charge >= 0.3 is 0 Å². The number of carbonyl (C=O) groups excluding carboxylic acids is 1. The summed E-state index contributed by atoms with van der Waals surface area (Å²) >= 11 is 0. The summed E-state index contributed by atoms with van der Waals surface area (Å²) < 4.78 is 0. The van der Waals surface area contributed by atoms with Crippen LogP contribution in [-0.4, -0.2) is 16.7 Å². The normalized spacial score (nSPS) is 13.2. The summed E-state index contributed by atoms with van der Waals surface area (Å²) in [5.41, 5.74) is -1.64. The molecule has 0 heterocycles. The topological polar surface area (TPSA) is 96.9 Å². The molecular weight excluding hydrogens is 386 g/mol. The zero-order valence-electron chi connectivity index (χ0n) is 21.7. The van der Waals surface area contributed by atoms with Crippen LogP contribution in [0.1, 0.15) is 156 Å². The highest BCUT2D eigenvalue weighted by atomic mass is 16.4. The fourth-order valence-electron chi connectivity index (χ4n) is 4.61. The number of hydrogen-bond donors (Lipinski definition) is 2. The lowest BCUT2D eigenvalue weighted by Crippen LogP contribution is -2.53. The third-order valence-electron chi connectivity index (χ3n) is 6.75. The van der Waals surface area contributed by atoms with Crippen molar-refractivity contribution in [1.29, 1.82) is 0 Å². The fraction of sp³-hybridized carbons (Fsp3) is 0.963. The van der Waals surface area contributed by atoms with E-state index in [9.17, 15) is 15.0 Å². The highest BCUT2D eigenvalue weighted by Crippen LogP contribution is 2.33. The molecule has 0 saturated carbocycles. The lowest BCUT2D eigenvalue weighted by atomic mass is 9.77. The van der Waals surface area contributed by atoms with E-state index in [1.54, 1.807) is 0 Å². The summed E-state index contributed by atoms with van der Waals surface area (Å²) in [5, 5.41) is 23.2. The van der Waals surface area contributed by atoms with Crippen LogP contribution in [0.3, 0.4) is 0 Å². The summed E-state index contributed by atoms with van der Waals surface area (Å²) in [4.78, 5) is 12.0. The summed E-state index contributed by atoms with van der Waals surface area (Å²) in [6.07, 6.45) is 22.9. The molecule has 0 spiro atoms. The number of carboxylic acid groups (broad SMARTS) is 1. The molecule has 0 amide bonds. The van der Waals surface area contributed by atoms with Crippen LogP contribution < -0.4 is 11.3 Å². The van der Waals surface area contributed by atoms with Gasteiger partial charge in [0.05, 0.1) is 5.97 Å². The van der Waals surface area contributed by atoms with Gasteiger partial charge in [-0.15, -0.1) is 0 Å². The SMILES string of the molecule is CCCCCCCCC(CCCCCCCC)C(O)(CCCCCCCC)C(=O)[O-].[NH4+]. The Hall–Kier alpha value is -0.610. The molecule has 0 aromatic carbocycles. The minimum Gasteiger partial charge on any atom is -0.547 e. The molecule has 0 aliphatic heterocycles. The van der Waals surface area contributed by atoms with Crippen molar-refractivity contribution in [2.24, 2.45) is 5.92 Å². The molecule has 1 atom stereocenters. The molecule has 4 heteroatoms. The van der Waals surface area contributed by atoms with Gasteiger partial charge in [0, 0.05) is 0 Å². The smallest absolute Gasteiger partial charge is 0.107 e. The van der Waals surface area contributed by atoms with Crippen molar-refractivity contribution < 1.29 is 15.0 Å². The number of quaternary nitrogens is 1. The van der Waals surface area contributed by atoms with Gasteiger partial charge in [-0.25, -0.2) is 0 Å². The number of rotatable bonds is 23. The molecule has 0 rings (SSSR count). The van der Waals surface area contributed by atoms with Crippen LogP contribution in [0.25, 0.3) is 0 Å². The number of carbonyl (C=O) groups is 1. The van der Waals surface area contributed by atoms with E-state index >= 15 is 0 Å². The molecule has 5 N–H and O–H groups in total. The maximum atomic E-state index is 12.0. The monoisotopic (exact) mass is 443 g/mol. The van der Waals surface area contributed by atoms with Crippen molar-refractivity contribution in [2.45, 2.75) is 161 Å². The van der Waals surface area contributed by atoms with Crippen molar-refractivity contribution in [3.05, 3.63) is 0 Å². The lowest BCUT2D eigenvalue weighted by molar-refractivity contribution is -0.329. The van der Waals surface area contributed by atoms with E-state index in [1.807, 2.05) is 0 Å². The molecule has 0 saturated heterocycles. The van der Waals surface area contributed by atoms with Crippen LogP contribution in [0.4, 0.5) is 0 Å². The second kappa shape index (κ2) is 22.6. The van der Waals surface area contributed by atoms with Crippen molar-refractivity contribution in [1.82, 2.24) is 6.15 Å². The largest absolute Gasteiger partial charge is 0.547 e. The van der Waals surface area contributed by atoms with Crippen LogP contribution in [0.2, 0.25) is 0 Å². The lowest BCUT2D eigenvalue weighted by Gasteiger charge is -2.38. The summed E-state index contributed by atoms with van der Waals surface area (Å²) in [5.74, 6) is -1.39. The maximum absolute atomic E-state index is 12.0. The Morgan fingerprint density at radius 1 is 0.645 bits per heavy atom. The van der Waals surface area contributed by atoms with E-state index in [0.717, 1.165) is 57.8 Å². The zero-order valence-corrected chi connectivity index (χ0v) is 21.7. The van der Waals surface area contributed by atoms with Crippen molar-refractivity contribution in [3.63, 3.8) is 0 Å². The fourth-order valence-corrected chi connectivity index (χ4v) is 4.61. The van der Waals surface area contributed by atoms with E-state index < -0.39 is 11.6 Å². The van der Waals surface area contributed by atoms with Crippen molar-refractivity contribution in [3.8, 4) is 0 Å². The Labute approximate surface area is 194 Å². The van der Waals surface area contributed by atoms with Crippen molar-refractivity contribution >= 4 is 5.97 Å². The minimum atomic E-state index is -1.64. The third kappa shape index (κ3) is 16.7. The number of hydrogen-bond acceptors (Lipinski definition) is 3. The Morgan fingerprint density at radius 2 is 0.968 bits per heavy atom. The predicted octanol–water partition coefficient (Wildman–Crippen LogP) is 7.71. The molecule has 0 bridgehead atoms. The van der Waals surface area contributed by atoms with Gasteiger partial charge < -0.3 is 21.2 Å². The molecule has 0 fully saturated rings. The molecule has 4 nitrogen and oxygen atoms in total. The first kappa shape index (κ1) is 32.6. The molecular formula is C27H57NO3. The van der Waals surface area contributed by atoms with E-state index in [2.05, 4.69) is 20.8 Å². The van der Waals surface area contributed by atoms with E-state index in [-0.39, 0.29) is 12.1 Å². The molecule has 0 aliphatic carbocycles. The number of carboxylic acids is 1. The maximum Gasteiger partial charge on any atom is 0.107 e. The Balaban J connectivity index is 0. The Kier molecular flexibility index (Phi) is 23.7. The van der Waals surface area contributed by atoms with E-state index in [0.29, 0.717) is 6.42 Å². The standard InChI is InChI=1S/C27H54O3.H3N/c1-4-7-10-13-16-19-22-25(23-20-17-14-11-8-5-2)27(30,26(28)29)24-21-18-15-12-9-6-3;/h25,30H,4-24H2,1-3H3,(H,28,29);1H3. The van der Waals surface area contributed by atoms with Gasteiger partial charge in [-0.1, -0.05) is 136 Å². The molecule has 188 valence electrons. The van der Waals surface area contributed by atoms with Crippen LogP contribution in [0.5, 0.6) is 0 Å². The number of unbranched alkanes of at least 4 members (excludes halogenated alkanes) is 15. The second-order valence-electron chi connectivity index (χ2n) is 9.54. The van der Waals surface area contributed by atoms with Gasteiger partial charge in [0.15, 0.2) is 0 Å². The van der Waals surface area contributed by atoms with Crippen LogP contribution in [-0.2, 0) is 4.79 Å². The first-order valence-corrected chi connectivity index (χ1v) is 13.5. The van der Waals surface area contributed by atoms with E-state index in [1.165, 1.54) is 70.6 Å². The molecule has 0 radical (unpaired) electrons. The third-order valence-corrected chi connectivity index (χ3v) is 6.75. The highest BCUT2D eigenvalue weighted by Gasteiger charge is 2.36. The molecule has 0 aliphatic rings. The average molecular weight is 444 g/mol. The van der Waals surface area contributed by atoms with Gasteiger partial charge in [0.25, 0.3) is 0 Å². The van der Waals surface area contributed by atoms with Gasteiger partial charge in [-0.05, 0) is 25.2 Å². The minimum absolute atomic E-state index is 0.